The molecule has 2 saturated carbocycles. The zero-order valence-corrected chi connectivity index (χ0v) is 29.2. The summed E-state index contributed by atoms with van der Waals surface area (Å²) in [5.41, 5.74) is -5.73. The molecule has 2 aromatic carbocycles. The summed E-state index contributed by atoms with van der Waals surface area (Å²) < 4.78 is 42.3. The largest absolute Gasteiger partial charge is 0.465 e. The van der Waals surface area contributed by atoms with Crippen LogP contribution in [-0.4, -0.2) is 89.9 Å². The molecule has 0 unspecified atom stereocenters. The van der Waals surface area contributed by atoms with Crippen molar-refractivity contribution in [3.8, 4) is 0 Å². The molecule has 1 spiro atoms. The zero-order chi connectivity index (χ0) is 37.5. The molecule has 3 aliphatic rings. The third kappa shape index (κ3) is 6.37. The van der Waals surface area contributed by atoms with Gasteiger partial charge in [0.25, 0.3) is 0 Å². The minimum atomic E-state index is -2.30. The average Bonchev–Trinajstić information content (AvgIpc) is 3.27. The molecule has 2 aliphatic carbocycles. The normalized spacial score (nSPS) is 31.7. The molecular weight excluding hydrogens is 668 g/mol. The minimum absolute atomic E-state index is 0.0503. The molecule has 51 heavy (non-hydrogen) atoms. The standard InChI is InChI=1S/C37H40O14/c1-19-28(46-21(3)39)29(47-22(4)40)32(48-23(5)41)36(18-45-20(2)38)31(50-34(44)25-16-12-9-13-17-25)27(42)26-30(37(19,36)51-35(26,6)7)49-33(43)24-14-10-8-11-15-24/h8-17,19,26,28-32H,18H2,1-7H3/t19-,26-,28+,29-,30-,31+,32+,36-,37-/m1/s1. The summed E-state index contributed by atoms with van der Waals surface area (Å²) >= 11 is 0. The lowest BCUT2D eigenvalue weighted by molar-refractivity contribution is -0.331. The van der Waals surface area contributed by atoms with Gasteiger partial charge in [0.05, 0.1) is 22.6 Å². The van der Waals surface area contributed by atoms with Gasteiger partial charge in [-0.1, -0.05) is 43.3 Å². The second-order valence-electron chi connectivity index (χ2n) is 13.5. The Morgan fingerprint density at radius 3 is 1.63 bits per heavy atom. The van der Waals surface area contributed by atoms with E-state index >= 15 is 4.79 Å². The van der Waals surface area contributed by atoms with Gasteiger partial charge >= 0.3 is 35.8 Å². The molecule has 1 saturated heterocycles. The number of rotatable bonds is 9. The highest BCUT2D eigenvalue weighted by molar-refractivity contribution is 5.97. The Labute approximate surface area is 294 Å². The zero-order valence-electron chi connectivity index (χ0n) is 29.2. The van der Waals surface area contributed by atoms with Crippen LogP contribution < -0.4 is 0 Å². The van der Waals surface area contributed by atoms with Gasteiger partial charge in [-0.05, 0) is 38.1 Å². The second-order valence-corrected chi connectivity index (χ2v) is 13.5. The predicted octanol–water partition coefficient (Wildman–Crippen LogP) is 3.18. The van der Waals surface area contributed by atoms with E-state index in [1.54, 1.807) is 57.2 Å². The molecule has 1 heterocycles. The fraction of sp³-hybridized carbons (Fsp3) is 0.486. The lowest BCUT2D eigenvalue weighted by atomic mass is 9.46. The summed E-state index contributed by atoms with van der Waals surface area (Å²) in [6.45, 7) is 8.16. The number of hydrogen-bond donors (Lipinski definition) is 0. The van der Waals surface area contributed by atoms with Crippen LogP contribution >= 0.6 is 0 Å². The first-order valence-corrected chi connectivity index (χ1v) is 16.4. The summed E-state index contributed by atoms with van der Waals surface area (Å²) in [6, 6.07) is 15.6. The minimum Gasteiger partial charge on any atom is -0.465 e. The van der Waals surface area contributed by atoms with Crippen molar-refractivity contribution in [1.82, 2.24) is 0 Å². The maximum atomic E-state index is 15.1. The molecule has 14 heteroatoms. The van der Waals surface area contributed by atoms with Crippen molar-refractivity contribution in [2.75, 3.05) is 6.61 Å². The van der Waals surface area contributed by atoms with Gasteiger partial charge in [-0.3, -0.25) is 24.0 Å². The number of carbonyl (C=O) groups is 7. The number of carbonyl (C=O) groups excluding carboxylic acids is 7. The maximum Gasteiger partial charge on any atom is 0.338 e. The number of ketones is 1. The Balaban J connectivity index is 1.87. The highest BCUT2D eigenvalue weighted by Crippen LogP contribution is 2.67. The summed E-state index contributed by atoms with van der Waals surface area (Å²) in [4.78, 5) is 93.9. The quantitative estimate of drug-likeness (QED) is 0.273. The molecule has 2 aromatic rings. The Bertz CT molecular complexity index is 1720. The second kappa shape index (κ2) is 13.9. The van der Waals surface area contributed by atoms with Gasteiger partial charge in [0.2, 0.25) is 0 Å². The molecular formula is C37H40O14. The lowest BCUT2D eigenvalue weighted by Gasteiger charge is -2.64. The van der Waals surface area contributed by atoms with Crippen molar-refractivity contribution in [2.24, 2.45) is 17.3 Å². The van der Waals surface area contributed by atoms with Gasteiger partial charge in [0.1, 0.15) is 29.8 Å². The van der Waals surface area contributed by atoms with Crippen molar-refractivity contribution in [3.63, 3.8) is 0 Å². The van der Waals surface area contributed by atoms with Crippen LogP contribution in [0.25, 0.3) is 0 Å². The maximum absolute atomic E-state index is 15.1. The first-order chi connectivity index (χ1) is 24.0. The number of esters is 6. The van der Waals surface area contributed by atoms with Crippen molar-refractivity contribution < 1.29 is 66.7 Å². The van der Waals surface area contributed by atoms with E-state index in [4.69, 9.17) is 33.2 Å². The molecule has 3 fully saturated rings. The monoisotopic (exact) mass is 708 g/mol. The number of Topliss-reactive ketones (excluding diaryl/α,β-unsaturated/α-hetero) is 1. The number of fused-ring (bicyclic) bond motifs is 1. The van der Waals surface area contributed by atoms with Crippen LogP contribution in [0.3, 0.4) is 0 Å². The molecule has 2 bridgehead atoms. The molecule has 0 amide bonds. The average molecular weight is 709 g/mol. The topological polar surface area (TPSA) is 184 Å². The third-order valence-corrected chi connectivity index (χ3v) is 9.85. The SMILES string of the molecule is CC(=O)OC[C@]12[C@@H](OC(=O)c3ccccc3)C(=O)[C@@H]3[C@@H](OC(=O)c4ccccc4)[C@]1(OC3(C)C)[C@H](C)[C@H](OC(C)=O)[C@@H](OC(C)=O)[C@@H]2OC(C)=O. The van der Waals surface area contributed by atoms with Crippen LogP contribution in [-0.2, 0) is 57.1 Å². The van der Waals surface area contributed by atoms with E-state index in [1.807, 2.05) is 0 Å². The van der Waals surface area contributed by atoms with Gasteiger partial charge in [-0.2, -0.15) is 0 Å². The van der Waals surface area contributed by atoms with Crippen LogP contribution in [0.15, 0.2) is 60.7 Å². The number of benzene rings is 2. The van der Waals surface area contributed by atoms with Crippen LogP contribution in [0.5, 0.6) is 0 Å². The molecule has 14 nitrogen and oxygen atoms in total. The fourth-order valence-electron chi connectivity index (χ4n) is 8.13. The molecule has 272 valence electrons. The summed E-state index contributed by atoms with van der Waals surface area (Å²) in [5, 5.41) is 0. The Hall–Kier alpha value is -5.11. The van der Waals surface area contributed by atoms with E-state index in [9.17, 15) is 28.8 Å². The van der Waals surface area contributed by atoms with E-state index in [-0.39, 0.29) is 11.1 Å². The lowest BCUT2D eigenvalue weighted by Crippen LogP contribution is -2.83. The van der Waals surface area contributed by atoms with E-state index in [0.29, 0.717) is 0 Å². The van der Waals surface area contributed by atoms with Gasteiger partial charge < -0.3 is 33.2 Å². The molecule has 1 aliphatic heterocycles. The fourth-order valence-corrected chi connectivity index (χ4v) is 8.13. The van der Waals surface area contributed by atoms with Crippen LogP contribution in [0.2, 0.25) is 0 Å². The highest BCUT2D eigenvalue weighted by Gasteiger charge is 2.87. The number of ether oxygens (including phenoxy) is 7. The van der Waals surface area contributed by atoms with Crippen LogP contribution in [0, 0.1) is 17.3 Å². The molecule has 0 radical (unpaired) electrons. The smallest absolute Gasteiger partial charge is 0.338 e. The van der Waals surface area contributed by atoms with Crippen molar-refractivity contribution >= 4 is 41.6 Å². The van der Waals surface area contributed by atoms with Gasteiger partial charge in [-0.15, -0.1) is 0 Å². The van der Waals surface area contributed by atoms with E-state index in [2.05, 4.69) is 0 Å². The third-order valence-electron chi connectivity index (χ3n) is 9.85. The summed E-state index contributed by atoms with van der Waals surface area (Å²) in [6.07, 6.45) is -8.51. The van der Waals surface area contributed by atoms with Crippen LogP contribution in [0.1, 0.15) is 69.2 Å². The first kappa shape index (κ1) is 37.2. The van der Waals surface area contributed by atoms with Crippen molar-refractivity contribution in [1.29, 1.82) is 0 Å². The van der Waals surface area contributed by atoms with E-state index in [0.717, 1.165) is 27.7 Å². The Kier molecular flexibility index (Phi) is 10.1. The van der Waals surface area contributed by atoms with E-state index < -0.39 is 107 Å². The van der Waals surface area contributed by atoms with E-state index in [1.165, 1.54) is 24.3 Å². The molecule has 5 rings (SSSR count). The summed E-state index contributed by atoms with van der Waals surface area (Å²) in [5.74, 6) is -8.69. The Morgan fingerprint density at radius 1 is 0.647 bits per heavy atom. The summed E-state index contributed by atoms with van der Waals surface area (Å²) in [7, 11) is 0. The van der Waals surface area contributed by atoms with Crippen molar-refractivity contribution in [2.45, 2.75) is 90.2 Å². The first-order valence-electron chi connectivity index (χ1n) is 16.4. The van der Waals surface area contributed by atoms with Gasteiger partial charge in [-0.25, -0.2) is 9.59 Å². The van der Waals surface area contributed by atoms with Crippen LogP contribution in [0.4, 0.5) is 0 Å². The van der Waals surface area contributed by atoms with Gasteiger partial charge in [0, 0.05) is 33.6 Å². The predicted molar refractivity (Wildman–Crippen MR) is 173 cm³/mol. The Morgan fingerprint density at radius 2 is 1.14 bits per heavy atom. The van der Waals surface area contributed by atoms with Gasteiger partial charge in [0.15, 0.2) is 24.1 Å². The van der Waals surface area contributed by atoms with Crippen molar-refractivity contribution in [3.05, 3.63) is 71.8 Å². The molecule has 0 aromatic heterocycles. The number of hydrogen-bond acceptors (Lipinski definition) is 14. The molecule has 9 atom stereocenters. The molecule has 0 N–H and O–H groups in total. The highest BCUT2D eigenvalue weighted by atomic mass is 16.6.